The van der Waals surface area contributed by atoms with Gasteiger partial charge in [-0.2, -0.15) is 0 Å². The molecule has 0 aliphatic rings. The van der Waals surface area contributed by atoms with Gasteiger partial charge in [-0.1, -0.05) is 41.6 Å². The molecule has 0 aliphatic carbocycles. The van der Waals surface area contributed by atoms with Crippen molar-refractivity contribution in [3.05, 3.63) is 69.4 Å². The van der Waals surface area contributed by atoms with Crippen LogP contribution in [0.15, 0.2) is 58.2 Å². The molecule has 3 aromatic rings. The number of aromatic nitrogens is 3. The number of nitrogens with zero attached hydrogens (tertiary/aromatic N) is 3. The van der Waals surface area contributed by atoms with Crippen LogP contribution in [0, 0.1) is 0 Å². The average molecular weight is 523 g/mol. The lowest BCUT2D eigenvalue weighted by Gasteiger charge is -2.15. The summed E-state index contributed by atoms with van der Waals surface area (Å²) in [6.07, 6.45) is 0. The fourth-order valence-corrected chi connectivity index (χ4v) is 4.17. The van der Waals surface area contributed by atoms with Gasteiger partial charge in [-0.3, -0.25) is 9.59 Å². The molecule has 31 heavy (non-hydrogen) atoms. The Morgan fingerprint density at radius 1 is 1.19 bits per heavy atom. The molecular weight excluding hydrogens is 502 g/mol. The first-order valence-corrected chi connectivity index (χ1v) is 11.7. The van der Waals surface area contributed by atoms with Crippen molar-refractivity contribution in [1.82, 2.24) is 20.1 Å². The third kappa shape index (κ3) is 6.09. The molecule has 1 aromatic heterocycles. The van der Waals surface area contributed by atoms with Gasteiger partial charge in [-0.15, -0.1) is 10.2 Å². The first-order chi connectivity index (χ1) is 14.9. The lowest BCUT2D eigenvalue weighted by molar-refractivity contribution is -0.113. The molecule has 2 N–H and O–H groups in total. The van der Waals surface area contributed by atoms with Gasteiger partial charge in [0.2, 0.25) is 5.91 Å². The number of hydrogen-bond acceptors (Lipinski definition) is 5. The van der Waals surface area contributed by atoms with Crippen LogP contribution in [-0.2, 0) is 11.3 Å². The number of benzene rings is 2. The Kier molecular flexibility index (Phi) is 8.11. The van der Waals surface area contributed by atoms with Crippen molar-refractivity contribution < 1.29 is 9.59 Å². The van der Waals surface area contributed by atoms with Crippen molar-refractivity contribution in [3.63, 3.8) is 0 Å². The van der Waals surface area contributed by atoms with Crippen LogP contribution < -0.4 is 10.6 Å². The van der Waals surface area contributed by atoms with Crippen LogP contribution in [-0.4, -0.2) is 32.3 Å². The highest BCUT2D eigenvalue weighted by Gasteiger charge is 2.20. The molecule has 0 aliphatic heterocycles. The maximum Gasteiger partial charge on any atom is 0.251 e. The second kappa shape index (κ2) is 10.8. The zero-order valence-electron chi connectivity index (χ0n) is 16.9. The molecular formula is C21H21BrClN5O2S. The van der Waals surface area contributed by atoms with E-state index in [-0.39, 0.29) is 23.6 Å². The molecule has 0 fully saturated rings. The summed E-state index contributed by atoms with van der Waals surface area (Å²) in [5, 5.41) is 15.4. The zero-order valence-corrected chi connectivity index (χ0v) is 20.1. The van der Waals surface area contributed by atoms with Crippen LogP contribution in [0.1, 0.15) is 36.1 Å². The Hall–Kier alpha value is -2.36. The normalized spacial score (nSPS) is 11.7. The van der Waals surface area contributed by atoms with Crippen LogP contribution in [0.4, 0.5) is 5.69 Å². The molecule has 0 radical (unpaired) electrons. The Morgan fingerprint density at radius 2 is 1.94 bits per heavy atom. The Bertz CT molecular complexity index is 1080. The molecule has 0 bridgehead atoms. The SMILES string of the molecule is CCn1c(SCC(=O)Nc2ccc(Cl)c(Br)c2)nnc1[C@@H](C)NC(=O)c1ccccc1. The lowest BCUT2D eigenvalue weighted by atomic mass is 10.2. The topological polar surface area (TPSA) is 88.9 Å². The number of carbonyl (C=O) groups excluding carboxylic acids is 2. The Balaban J connectivity index is 1.62. The molecule has 3 rings (SSSR count). The predicted octanol–water partition coefficient (Wildman–Crippen LogP) is 4.94. The summed E-state index contributed by atoms with van der Waals surface area (Å²) in [5.74, 6) is 0.456. The third-order valence-corrected chi connectivity index (χ3v) is 6.55. The van der Waals surface area contributed by atoms with E-state index in [1.807, 2.05) is 36.6 Å². The zero-order chi connectivity index (χ0) is 22.4. The first kappa shape index (κ1) is 23.3. The van der Waals surface area contributed by atoms with Crippen molar-refractivity contribution in [2.75, 3.05) is 11.1 Å². The van der Waals surface area contributed by atoms with E-state index >= 15 is 0 Å². The molecule has 10 heteroatoms. The number of rotatable bonds is 8. The summed E-state index contributed by atoms with van der Waals surface area (Å²) >= 11 is 10.6. The van der Waals surface area contributed by atoms with Gasteiger partial charge in [0.15, 0.2) is 11.0 Å². The first-order valence-electron chi connectivity index (χ1n) is 9.55. The average Bonchev–Trinajstić information content (AvgIpc) is 3.18. The van der Waals surface area contributed by atoms with Crippen LogP contribution in [0.5, 0.6) is 0 Å². The van der Waals surface area contributed by atoms with Crippen molar-refractivity contribution in [1.29, 1.82) is 0 Å². The molecule has 2 amide bonds. The van der Waals surface area contributed by atoms with Gasteiger partial charge in [0, 0.05) is 22.3 Å². The minimum atomic E-state index is -0.338. The maximum atomic E-state index is 12.4. The molecule has 7 nitrogen and oxygen atoms in total. The maximum absolute atomic E-state index is 12.4. The van der Waals surface area contributed by atoms with Crippen molar-refractivity contribution in [2.45, 2.75) is 31.6 Å². The number of anilines is 1. The lowest BCUT2D eigenvalue weighted by Crippen LogP contribution is -2.28. The van der Waals surface area contributed by atoms with Crippen LogP contribution in [0.2, 0.25) is 5.02 Å². The van der Waals surface area contributed by atoms with Gasteiger partial charge < -0.3 is 15.2 Å². The van der Waals surface area contributed by atoms with E-state index in [2.05, 4.69) is 36.8 Å². The van der Waals surface area contributed by atoms with Gasteiger partial charge in [-0.05, 0) is 60.1 Å². The van der Waals surface area contributed by atoms with Gasteiger partial charge in [0.05, 0.1) is 16.8 Å². The van der Waals surface area contributed by atoms with Crippen LogP contribution in [0.25, 0.3) is 0 Å². The summed E-state index contributed by atoms with van der Waals surface area (Å²) in [7, 11) is 0. The van der Waals surface area contributed by atoms with E-state index in [1.54, 1.807) is 30.3 Å². The molecule has 2 aromatic carbocycles. The van der Waals surface area contributed by atoms with Gasteiger partial charge >= 0.3 is 0 Å². The van der Waals surface area contributed by atoms with Crippen LogP contribution in [0.3, 0.4) is 0 Å². The quantitative estimate of drug-likeness (QED) is 0.409. The predicted molar refractivity (Wildman–Crippen MR) is 127 cm³/mol. The summed E-state index contributed by atoms with van der Waals surface area (Å²) < 4.78 is 2.61. The van der Waals surface area contributed by atoms with Gasteiger partial charge in [0.1, 0.15) is 0 Å². The molecule has 0 saturated heterocycles. The highest BCUT2D eigenvalue weighted by Crippen LogP contribution is 2.26. The van der Waals surface area contributed by atoms with E-state index in [9.17, 15) is 9.59 Å². The largest absolute Gasteiger partial charge is 0.342 e. The summed E-state index contributed by atoms with van der Waals surface area (Å²) in [6, 6.07) is 13.9. The standard InChI is InChI=1S/C21H21BrClN5O2S/c1-3-28-19(13(2)24-20(30)14-7-5-4-6-8-14)26-27-21(28)31-12-18(29)25-15-9-10-17(23)16(22)11-15/h4-11,13H,3,12H2,1-2H3,(H,24,30)(H,25,29)/t13-/m1/s1. The fourth-order valence-electron chi connectivity index (χ4n) is 2.86. The molecule has 1 atom stereocenters. The minimum absolute atomic E-state index is 0.170. The van der Waals surface area contributed by atoms with Gasteiger partial charge in [-0.25, -0.2) is 0 Å². The van der Waals surface area contributed by atoms with E-state index in [1.165, 1.54) is 11.8 Å². The molecule has 1 heterocycles. The van der Waals surface area contributed by atoms with Crippen LogP contribution >= 0.6 is 39.3 Å². The number of amides is 2. The highest BCUT2D eigenvalue weighted by molar-refractivity contribution is 9.10. The molecule has 0 spiro atoms. The summed E-state index contributed by atoms with van der Waals surface area (Å²) in [4.78, 5) is 24.8. The molecule has 162 valence electrons. The monoisotopic (exact) mass is 521 g/mol. The second-order valence-corrected chi connectivity index (χ2v) is 8.82. The fraction of sp³-hybridized carbons (Fsp3) is 0.238. The Labute approximate surface area is 198 Å². The third-order valence-electron chi connectivity index (χ3n) is 4.37. The molecule has 0 unspecified atom stereocenters. The van der Waals surface area contributed by atoms with Crippen molar-refractivity contribution >= 4 is 56.8 Å². The molecule has 0 saturated carbocycles. The van der Waals surface area contributed by atoms with E-state index < -0.39 is 0 Å². The summed E-state index contributed by atoms with van der Waals surface area (Å²) in [6.45, 7) is 4.44. The smallest absolute Gasteiger partial charge is 0.251 e. The van der Waals surface area contributed by atoms with E-state index in [0.29, 0.717) is 38.3 Å². The number of halogens is 2. The Morgan fingerprint density at radius 3 is 2.61 bits per heavy atom. The van der Waals surface area contributed by atoms with E-state index in [4.69, 9.17) is 11.6 Å². The number of thioether (sulfide) groups is 1. The number of hydrogen-bond donors (Lipinski definition) is 2. The van der Waals surface area contributed by atoms with E-state index in [0.717, 1.165) is 0 Å². The summed E-state index contributed by atoms with van der Waals surface area (Å²) in [5.41, 5.74) is 1.23. The minimum Gasteiger partial charge on any atom is -0.342 e. The van der Waals surface area contributed by atoms with Gasteiger partial charge in [0.25, 0.3) is 5.91 Å². The number of nitrogens with one attached hydrogen (secondary N) is 2. The van der Waals surface area contributed by atoms with Crippen molar-refractivity contribution in [3.8, 4) is 0 Å². The van der Waals surface area contributed by atoms with Crippen molar-refractivity contribution in [2.24, 2.45) is 0 Å². The second-order valence-electron chi connectivity index (χ2n) is 6.61. The number of carbonyl (C=O) groups is 2. The highest BCUT2D eigenvalue weighted by atomic mass is 79.9.